The van der Waals surface area contributed by atoms with Crippen LogP contribution in [0.3, 0.4) is 0 Å². The van der Waals surface area contributed by atoms with Crippen LogP contribution in [0.5, 0.6) is 0 Å². The van der Waals surface area contributed by atoms with Crippen molar-refractivity contribution in [2.24, 2.45) is 0 Å². The lowest BCUT2D eigenvalue weighted by molar-refractivity contribution is -0.139. The number of amides is 2. The molecule has 0 radical (unpaired) electrons. The summed E-state index contributed by atoms with van der Waals surface area (Å²) >= 11 is 12.3. The Morgan fingerprint density at radius 2 is 1.55 bits per heavy atom. The Labute approximate surface area is 247 Å². The maximum absolute atomic E-state index is 13.9. The van der Waals surface area contributed by atoms with Gasteiger partial charge < -0.3 is 10.2 Å². The summed E-state index contributed by atoms with van der Waals surface area (Å²) in [4.78, 5) is 28.5. The number of benzene rings is 3. The van der Waals surface area contributed by atoms with Gasteiger partial charge in [0, 0.05) is 12.1 Å². The Kier molecular flexibility index (Phi) is 10.3. The highest BCUT2D eigenvalue weighted by atomic mass is 35.5. The number of hydrogen-bond donors (Lipinski definition) is 1. The van der Waals surface area contributed by atoms with E-state index in [1.807, 2.05) is 58.0 Å². The molecule has 0 heterocycles. The summed E-state index contributed by atoms with van der Waals surface area (Å²) in [5, 5.41) is 3.31. The number of carbonyl (C=O) groups excluding carboxylic acids is 2. The normalized spacial score (nSPS) is 12.5. The summed E-state index contributed by atoms with van der Waals surface area (Å²) in [5.41, 5.74) is 1.54. The first-order chi connectivity index (χ1) is 18.7. The number of aryl methyl sites for hydroxylation is 1. The molecule has 2 amide bonds. The van der Waals surface area contributed by atoms with Crippen LogP contribution in [0.4, 0.5) is 5.69 Å². The molecule has 0 aliphatic heterocycles. The number of rotatable bonds is 10. The van der Waals surface area contributed by atoms with Crippen molar-refractivity contribution in [2.75, 3.05) is 17.4 Å². The molecule has 0 bridgehead atoms. The third kappa shape index (κ3) is 8.22. The highest BCUT2D eigenvalue weighted by Crippen LogP contribution is 2.31. The fourth-order valence-electron chi connectivity index (χ4n) is 4.05. The van der Waals surface area contributed by atoms with Crippen LogP contribution in [0.1, 0.15) is 38.8 Å². The Bertz CT molecular complexity index is 1440. The number of nitrogens with zero attached hydrogens (tertiary/aromatic N) is 2. The maximum Gasteiger partial charge on any atom is 0.264 e. The molecule has 3 rings (SSSR count). The SMILES string of the molecule is Cc1ccc(S(=O)(=O)N(CC(=O)N(CCc2ccccc2)[C@@H](C)C(=O)NC(C)(C)C)c2ccc(Cl)c(Cl)c2)cc1. The van der Waals surface area contributed by atoms with Crippen LogP contribution in [0.15, 0.2) is 77.7 Å². The Hall–Kier alpha value is -3.07. The van der Waals surface area contributed by atoms with E-state index in [1.54, 1.807) is 19.1 Å². The minimum Gasteiger partial charge on any atom is -0.350 e. The van der Waals surface area contributed by atoms with Gasteiger partial charge in [-0.3, -0.25) is 13.9 Å². The second-order valence-electron chi connectivity index (χ2n) is 10.7. The van der Waals surface area contributed by atoms with E-state index in [0.29, 0.717) is 6.42 Å². The number of sulfonamides is 1. The number of halogens is 2. The maximum atomic E-state index is 13.9. The molecule has 7 nitrogen and oxygen atoms in total. The van der Waals surface area contributed by atoms with Crippen molar-refractivity contribution in [3.63, 3.8) is 0 Å². The second kappa shape index (κ2) is 13.1. The Balaban J connectivity index is 2.01. The van der Waals surface area contributed by atoms with Crippen LogP contribution < -0.4 is 9.62 Å². The minimum atomic E-state index is -4.19. The summed E-state index contributed by atoms with van der Waals surface area (Å²) in [6.07, 6.45) is 0.483. The molecule has 0 aliphatic carbocycles. The minimum absolute atomic E-state index is 0.0198. The molecule has 0 aliphatic rings. The van der Waals surface area contributed by atoms with Crippen molar-refractivity contribution in [3.05, 3.63) is 94.0 Å². The van der Waals surface area contributed by atoms with Crippen LogP contribution >= 0.6 is 23.2 Å². The summed E-state index contributed by atoms with van der Waals surface area (Å²) < 4.78 is 28.7. The van der Waals surface area contributed by atoms with Crippen LogP contribution in [-0.2, 0) is 26.0 Å². The molecule has 0 unspecified atom stereocenters. The molecule has 0 aromatic heterocycles. The molecule has 3 aromatic rings. The van der Waals surface area contributed by atoms with Gasteiger partial charge in [0.2, 0.25) is 11.8 Å². The Morgan fingerprint density at radius 1 is 0.925 bits per heavy atom. The first-order valence-corrected chi connectivity index (χ1v) is 15.1. The molecule has 0 saturated heterocycles. The van der Waals surface area contributed by atoms with E-state index in [4.69, 9.17) is 23.2 Å². The topological polar surface area (TPSA) is 86.8 Å². The van der Waals surface area contributed by atoms with Gasteiger partial charge in [0.05, 0.1) is 20.6 Å². The standard InChI is InChI=1S/C30H35Cl2N3O4S/c1-21-11-14-25(15-12-21)40(38,39)35(24-13-16-26(31)27(32)19-24)20-28(36)34(18-17-23-9-7-6-8-10-23)22(2)29(37)33-30(3,4)5/h6-16,19,22H,17-18,20H2,1-5H3,(H,33,37)/t22-/m0/s1. The van der Waals surface area contributed by atoms with Gasteiger partial charge in [-0.25, -0.2) is 8.42 Å². The molecule has 214 valence electrons. The zero-order valence-electron chi connectivity index (χ0n) is 23.3. The van der Waals surface area contributed by atoms with Gasteiger partial charge in [-0.2, -0.15) is 0 Å². The molecule has 40 heavy (non-hydrogen) atoms. The highest BCUT2D eigenvalue weighted by molar-refractivity contribution is 7.92. The Morgan fingerprint density at radius 3 is 2.12 bits per heavy atom. The van der Waals surface area contributed by atoms with Gasteiger partial charge in [-0.1, -0.05) is 71.2 Å². The summed E-state index contributed by atoms with van der Waals surface area (Å²) in [7, 11) is -4.19. The van der Waals surface area contributed by atoms with Crippen molar-refractivity contribution >= 4 is 50.7 Å². The fourth-order valence-corrected chi connectivity index (χ4v) is 5.75. The first-order valence-electron chi connectivity index (χ1n) is 12.9. The van der Waals surface area contributed by atoms with Gasteiger partial charge in [0.25, 0.3) is 10.0 Å². The van der Waals surface area contributed by atoms with Crippen molar-refractivity contribution in [1.29, 1.82) is 0 Å². The fraction of sp³-hybridized carbons (Fsp3) is 0.333. The van der Waals surface area contributed by atoms with E-state index >= 15 is 0 Å². The predicted octanol–water partition coefficient (Wildman–Crippen LogP) is 5.87. The molecule has 1 N–H and O–H groups in total. The molecular formula is C30H35Cl2N3O4S. The van der Waals surface area contributed by atoms with Crippen LogP contribution in [-0.4, -0.2) is 49.8 Å². The van der Waals surface area contributed by atoms with Crippen LogP contribution in [0, 0.1) is 6.92 Å². The lowest BCUT2D eigenvalue weighted by atomic mass is 10.1. The summed E-state index contributed by atoms with van der Waals surface area (Å²) in [6.45, 7) is 8.72. The van der Waals surface area contributed by atoms with Gasteiger partial charge in [-0.05, 0) is 76.9 Å². The van der Waals surface area contributed by atoms with E-state index in [9.17, 15) is 18.0 Å². The van der Waals surface area contributed by atoms with Crippen LogP contribution in [0.2, 0.25) is 10.0 Å². The van der Waals surface area contributed by atoms with Gasteiger partial charge in [0.15, 0.2) is 0 Å². The largest absolute Gasteiger partial charge is 0.350 e. The predicted molar refractivity (Wildman–Crippen MR) is 161 cm³/mol. The monoisotopic (exact) mass is 603 g/mol. The number of nitrogens with one attached hydrogen (secondary N) is 1. The van der Waals surface area contributed by atoms with Crippen molar-refractivity contribution in [3.8, 4) is 0 Å². The lowest BCUT2D eigenvalue weighted by Gasteiger charge is -2.33. The van der Waals surface area contributed by atoms with E-state index in [-0.39, 0.29) is 33.1 Å². The van der Waals surface area contributed by atoms with Gasteiger partial charge in [0.1, 0.15) is 12.6 Å². The van der Waals surface area contributed by atoms with E-state index in [1.165, 1.54) is 35.2 Å². The second-order valence-corrected chi connectivity index (χ2v) is 13.3. The molecule has 1 atom stereocenters. The average Bonchev–Trinajstić information content (AvgIpc) is 2.88. The molecule has 0 saturated carbocycles. The molecular weight excluding hydrogens is 569 g/mol. The summed E-state index contributed by atoms with van der Waals surface area (Å²) in [5.74, 6) is -0.870. The number of anilines is 1. The van der Waals surface area contributed by atoms with E-state index in [0.717, 1.165) is 15.4 Å². The zero-order valence-corrected chi connectivity index (χ0v) is 25.6. The van der Waals surface area contributed by atoms with E-state index < -0.39 is 34.1 Å². The molecule has 10 heteroatoms. The molecule has 0 fully saturated rings. The van der Waals surface area contributed by atoms with Crippen molar-refractivity contribution < 1.29 is 18.0 Å². The third-order valence-corrected chi connectivity index (χ3v) is 8.76. The first kappa shape index (κ1) is 31.5. The third-order valence-electron chi connectivity index (χ3n) is 6.23. The quantitative estimate of drug-likeness (QED) is 0.314. The zero-order chi connectivity index (χ0) is 29.7. The number of hydrogen-bond acceptors (Lipinski definition) is 4. The van der Waals surface area contributed by atoms with Gasteiger partial charge >= 0.3 is 0 Å². The van der Waals surface area contributed by atoms with Gasteiger partial charge in [-0.15, -0.1) is 0 Å². The molecule has 0 spiro atoms. The number of carbonyl (C=O) groups is 2. The summed E-state index contributed by atoms with van der Waals surface area (Å²) in [6, 6.07) is 19.5. The van der Waals surface area contributed by atoms with Crippen molar-refractivity contribution in [2.45, 2.75) is 57.5 Å². The highest BCUT2D eigenvalue weighted by Gasteiger charge is 2.33. The lowest BCUT2D eigenvalue weighted by Crippen LogP contribution is -2.55. The molecule has 3 aromatic carbocycles. The average molecular weight is 605 g/mol. The van der Waals surface area contributed by atoms with Crippen molar-refractivity contribution in [1.82, 2.24) is 10.2 Å². The smallest absolute Gasteiger partial charge is 0.264 e. The van der Waals surface area contributed by atoms with E-state index in [2.05, 4.69) is 5.32 Å². The van der Waals surface area contributed by atoms with Crippen LogP contribution in [0.25, 0.3) is 0 Å².